The second-order valence-electron chi connectivity index (χ2n) is 6.05. The lowest BCUT2D eigenvalue weighted by Crippen LogP contribution is -2.11. The van der Waals surface area contributed by atoms with Crippen LogP contribution in [-0.2, 0) is 6.42 Å². The molecule has 0 aromatic carbocycles. The third-order valence-electron chi connectivity index (χ3n) is 3.99. The van der Waals surface area contributed by atoms with Crippen molar-refractivity contribution in [3.8, 4) is 0 Å². The maximum absolute atomic E-state index is 4.10. The maximum Gasteiger partial charge on any atom is 0.0356 e. The van der Waals surface area contributed by atoms with Crippen molar-refractivity contribution in [2.24, 2.45) is 5.41 Å². The van der Waals surface area contributed by atoms with E-state index in [0.717, 1.165) is 12.5 Å². The first-order chi connectivity index (χ1) is 10.1. The van der Waals surface area contributed by atoms with Crippen LogP contribution in [0.2, 0.25) is 0 Å². The van der Waals surface area contributed by atoms with Gasteiger partial charge >= 0.3 is 0 Å². The summed E-state index contributed by atoms with van der Waals surface area (Å²) in [6, 6.07) is 2.99. The van der Waals surface area contributed by atoms with Crippen molar-refractivity contribution < 1.29 is 1.43 Å². The van der Waals surface area contributed by atoms with Crippen molar-refractivity contribution in [3.05, 3.63) is 41.4 Å². The van der Waals surface area contributed by atoms with Gasteiger partial charge < -0.3 is 5.32 Å². The van der Waals surface area contributed by atoms with Crippen molar-refractivity contribution in [1.82, 2.24) is 10.3 Å². The molecule has 2 atom stereocenters. The van der Waals surface area contributed by atoms with Gasteiger partial charge in [0.1, 0.15) is 0 Å². The van der Waals surface area contributed by atoms with E-state index >= 15 is 0 Å². The van der Waals surface area contributed by atoms with Crippen LogP contribution in [0, 0.1) is 12.3 Å². The molecule has 2 unspecified atom stereocenters. The average molecular weight is 290 g/mol. The van der Waals surface area contributed by atoms with E-state index < -0.39 is 0 Å². The largest absolute Gasteiger partial charge is 0.385 e. The standard InChI is InChI=1S/C9H13N.C8H13N.C2H6.H2/c1-3-4-9-5-8(2)6-10-7-9;1-3-6-4-8(2)5-7(8)9-6;1-2;/h5-7H,3-4H2,1-2H3;4,7,9H,3,5H2,1-2H3;1-2H3;1H. The predicted octanol–water partition coefficient (Wildman–Crippen LogP) is 5.28. The molecule has 0 spiro atoms. The van der Waals surface area contributed by atoms with Crippen molar-refractivity contribution in [2.75, 3.05) is 0 Å². The molecule has 0 radical (unpaired) electrons. The van der Waals surface area contributed by atoms with Gasteiger partial charge in [0.15, 0.2) is 0 Å². The van der Waals surface area contributed by atoms with E-state index in [2.05, 4.69) is 50.1 Å². The topological polar surface area (TPSA) is 24.9 Å². The van der Waals surface area contributed by atoms with E-state index in [4.69, 9.17) is 0 Å². The summed E-state index contributed by atoms with van der Waals surface area (Å²) >= 11 is 0. The van der Waals surface area contributed by atoms with Crippen LogP contribution in [0.15, 0.2) is 30.2 Å². The number of nitrogens with zero attached hydrogens (tertiary/aromatic N) is 1. The molecule has 1 N–H and O–H groups in total. The third kappa shape index (κ3) is 5.18. The summed E-state index contributed by atoms with van der Waals surface area (Å²) in [7, 11) is 0. The molecule has 1 saturated carbocycles. The van der Waals surface area contributed by atoms with Crippen molar-refractivity contribution in [2.45, 2.75) is 73.3 Å². The zero-order chi connectivity index (χ0) is 15.9. The van der Waals surface area contributed by atoms with Gasteiger partial charge in [-0.15, -0.1) is 0 Å². The van der Waals surface area contributed by atoms with Crippen LogP contribution in [0.3, 0.4) is 0 Å². The molecule has 2 heterocycles. The molecule has 2 heteroatoms. The van der Waals surface area contributed by atoms with Gasteiger partial charge in [0, 0.05) is 31.0 Å². The Kier molecular flexibility index (Phi) is 6.94. The summed E-state index contributed by atoms with van der Waals surface area (Å²) in [6.07, 6.45) is 11.1. The number of aromatic nitrogens is 1. The minimum absolute atomic E-state index is 0. The summed E-state index contributed by atoms with van der Waals surface area (Å²) < 4.78 is 0. The van der Waals surface area contributed by atoms with Crippen LogP contribution < -0.4 is 5.32 Å². The van der Waals surface area contributed by atoms with Gasteiger partial charge in [-0.2, -0.15) is 0 Å². The van der Waals surface area contributed by atoms with Crippen molar-refractivity contribution >= 4 is 0 Å². The van der Waals surface area contributed by atoms with Gasteiger partial charge in [0.25, 0.3) is 0 Å². The van der Waals surface area contributed by atoms with Crippen LogP contribution in [0.25, 0.3) is 0 Å². The van der Waals surface area contributed by atoms with Gasteiger partial charge in [-0.1, -0.05) is 53.2 Å². The Morgan fingerprint density at radius 3 is 2.48 bits per heavy atom. The fourth-order valence-corrected chi connectivity index (χ4v) is 2.67. The van der Waals surface area contributed by atoms with E-state index in [1.807, 2.05) is 26.2 Å². The Bertz CT molecular complexity index is 470. The number of hydrogen-bond donors (Lipinski definition) is 1. The highest BCUT2D eigenvalue weighted by Gasteiger charge is 2.52. The Balaban J connectivity index is 0.000000347. The zero-order valence-corrected chi connectivity index (χ0v) is 14.7. The molecule has 1 aromatic rings. The highest BCUT2D eigenvalue weighted by atomic mass is 15.0. The molecule has 0 bridgehead atoms. The third-order valence-corrected chi connectivity index (χ3v) is 3.99. The summed E-state index contributed by atoms with van der Waals surface area (Å²) in [4.78, 5) is 4.10. The molecule has 1 fully saturated rings. The SMILES string of the molecule is CC.CCC1=CC2(C)CC2N1.CCCc1cncc(C)c1.[HH]. The smallest absolute Gasteiger partial charge is 0.0356 e. The Morgan fingerprint density at radius 2 is 2.05 bits per heavy atom. The fraction of sp³-hybridized carbons (Fsp3) is 0.632. The fourth-order valence-electron chi connectivity index (χ4n) is 2.67. The number of pyridine rings is 1. The Morgan fingerprint density at radius 1 is 1.33 bits per heavy atom. The molecular formula is C19H34N2. The molecule has 1 aliphatic carbocycles. The van der Waals surface area contributed by atoms with E-state index in [1.165, 1.54) is 36.1 Å². The van der Waals surface area contributed by atoms with Crippen molar-refractivity contribution in [1.29, 1.82) is 0 Å². The number of hydrogen-bond acceptors (Lipinski definition) is 2. The summed E-state index contributed by atoms with van der Waals surface area (Å²) in [5.41, 5.74) is 4.62. The molecule has 3 rings (SSSR count). The highest BCUT2D eigenvalue weighted by Crippen LogP contribution is 2.51. The van der Waals surface area contributed by atoms with E-state index in [9.17, 15) is 0 Å². The first kappa shape index (κ1) is 17.7. The van der Waals surface area contributed by atoms with Crippen LogP contribution in [0.1, 0.15) is 66.4 Å². The Labute approximate surface area is 132 Å². The first-order valence-corrected chi connectivity index (χ1v) is 8.46. The van der Waals surface area contributed by atoms with Gasteiger partial charge in [0.2, 0.25) is 0 Å². The van der Waals surface area contributed by atoms with Gasteiger partial charge in [-0.3, -0.25) is 4.98 Å². The Hall–Kier alpha value is -1.31. The molecule has 21 heavy (non-hydrogen) atoms. The van der Waals surface area contributed by atoms with Crippen LogP contribution in [-0.4, -0.2) is 11.0 Å². The second kappa shape index (κ2) is 8.21. The van der Waals surface area contributed by atoms with Crippen molar-refractivity contribution in [3.63, 3.8) is 0 Å². The van der Waals surface area contributed by atoms with Crippen LogP contribution in [0.5, 0.6) is 0 Å². The molecule has 1 aromatic heterocycles. The second-order valence-corrected chi connectivity index (χ2v) is 6.05. The maximum atomic E-state index is 4.10. The highest BCUT2D eigenvalue weighted by molar-refractivity contribution is 5.29. The minimum atomic E-state index is 0. The van der Waals surface area contributed by atoms with E-state index in [-0.39, 0.29) is 1.43 Å². The number of allylic oxidation sites excluding steroid dienone is 1. The quantitative estimate of drug-likeness (QED) is 0.819. The predicted molar refractivity (Wildman–Crippen MR) is 94.5 cm³/mol. The summed E-state index contributed by atoms with van der Waals surface area (Å²) in [5, 5.41) is 3.48. The molecule has 0 amide bonds. The summed E-state index contributed by atoms with van der Waals surface area (Å²) in [5.74, 6) is 0. The summed E-state index contributed by atoms with van der Waals surface area (Å²) in [6.45, 7) is 12.8. The monoisotopic (exact) mass is 290 g/mol. The zero-order valence-electron chi connectivity index (χ0n) is 14.7. The average Bonchev–Trinajstić information content (AvgIpc) is 3.00. The molecule has 2 aliphatic rings. The number of aryl methyl sites for hydroxylation is 2. The van der Waals surface area contributed by atoms with Crippen LogP contribution in [0.4, 0.5) is 0 Å². The van der Waals surface area contributed by atoms with Gasteiger partial charge in [-0.05, 0) is 37.3 Å². The normalized spacial score (nSPS) is 24.5. The minimum Gasteiger partial charge on any atom is -0.385 e. The van der Waals surface area contributed by atoms with E-state index in [1.54, 1.807) is 0 Å². The lowest BCUT2D eigenvalue weighted by molar-refractivity contribution is 0.697. The molecule has 2 nitrogen and oxygen atoms in total. The molecule has 0 saturated heterocycles. The number of nitrogens with one attached hydrogen (secondary N) is 1. The molecule has 120 valence electrons. The van der Waals surface area contributed by atoms with Crippen LogP contribution >= 0.6 is 0 Å². The van der Waals surface area contributed by atoms with Gasteiger partial charge in [-0.25, -0.2) is 0 Å². The first-order valence-electron chi connectivity index (χ1n) is 8.46. The van der Waals surface area contributed by atoms with E-state index in [0.29, 0.717) is 5.41 Å². The number of fused-ring (bicyclic) bond motifs is 1. The molecule has 1 aliphatic heterocycles. The number of rotatable bonds is 3. The molecular weight excluding hydrogens is 256 g/mol. The lowest BCUT2D eigenvalue weighted by Gasteiger charge is -1.99. The van der Waals surface area contributed by atoms with Gasteiger partial charge in [0.05, 0.1) is 0 Å². The lowest BCUT2D eigenvalue weighted by atomic mass is 10.1.